The molecule has 0 heterocycles. The molecule has 1 amide bonds. The SMILES string of the molecule is O=C(NCO)[C@@H](O)[C@@H](O)[C@H](O)[C@@H](O)CO. The average molecular weight is 225 g/mol. The van der Waals surface area contributed by atoms with Gasteiger partial charge in [0.2, 0.25) is 0 Å². The lowest BCUT2D eigenvalue weighted by Crippen LogP contribution is -2.51. The van der Waals surface area contributed by atoms with Crippen molar-refractivity contribution in [2.75, 3.05) is 13.3 Å². The molecular weight excluding hydrogens is 210 g/mol. The zero-order valence-electron chi connectivity index (χ0n) is 7.82. The van der Waals surface area contributed by atoms with E-state index < -0.39 is 43.7 Å². The first-order valence-corrected chi connectivity index (χ1v) is 4.17. The molecule has 0 aliphatic heterocycles. The van der Waals surface area contributed by atoms with Crippen molar-refractivity contribution >= 4 is 5.91 Å². The summed E-state index contributed by atoms with van der Waals surface area (Å²) in [7, 11) is 0. The molecule has 0 saturated carbocycles. The molecule has 15 heavy (non-hydrogen) atoms. The van der Waals surface area contributed by atoms with Gasteiger partial charge in [0.05, 0.1) is 6.61 Å². The fourth-order valence-electron chi connectivity index (χ4n) is 0.860. The van der Waals surface area contributed by atoms with E-state index in [0.717, 1.165) is 0 Å². The molecule has 0 aromatic heterocycles. The molecular formula is C7H15NO7. The van der Waals surface area contributed by atoms with Crippen LogP contribution in [0.15, 0.2) is 0 Å². The van der Waals surface area contributed by atoms with Crippen LogP contribution in [0.3, 0.4) is 0 Å². The summed E-state index contributed by atoms with van der Waals surface area (Å²) in [6, 6.07) is 0. The first-order valence-electron chi connectivity index (χ1n) is 4.17. The van der Waals surface area contributed by atoms with E-state index in [4.69, 9.17) is 25.5 Å². The normalized spacial score (nSPS) is 19.1. The first kappa shape index (κ1) is 14.2. The quantitative estimate of drug-likeness (QED) is 0.225. The molecule has 0 unspecified atom stereocenters. The Balaban J connectivity index is 4.29. The van der Waals surface area contributed by atoms with E-state index in [1.165, 1.54) is 0 Å². The molecule has 0 bridgehead atoms. The van der Waals surface area contributed by atoms with Crippen LogP contribution in [0.1, 0.15) is 0 Å². The van der Waals surface area contributed by atoms with Gasteiger partial charge >= 0.3 is 0 Å². The van der Waals surface area contributed by atoms with Crippen molar-refractivity contribution in [3.05, 3.63) is 0 Å². The fourth-order valence-corrected chi connectivity index (χ4v) is 0.860. The third kappa shape index (κ3) is 4.08. The van der Waals surface area contributed by atoms with Gasteiger partial charge in [0.25, 0.3) is 5.91 Å². The lowest BCUT2D eigenvalue weighted by atomic mass is 10.0. The van der Waals surface area contributed by atoms with Crippen molar-refractivity contribution in [1.29, 1.82) is 0 Å². The van der Waals surface area contributed by atoms with Crippen molar-refractivity contribution in [3.63, 3.8) is 0 Å². The number of nitrogens with one attached hydrogen (secondary N) is 1. The Hall–Kier alpha value is -0.770. The molecule has 7 N–H and O–H groups in total. The maximum atomic E-state index is 10.9. The van der Waals surface area contributed by atoms with Crippen molar-refractivity contribution in [3.8, 4) is 0 Å². The summed E-state index contributed by atoms with van der Waals surface area (Å²) in [4.78, 5) is 10.9. The van der Waals surface area contributed by atoms with E-state index in [0.29, 0.717) is 0 Å². The summed E-state index contributed by atoms with van der Waals surface area (Å²) in [5.41, 5.74) is 0. The van der Waals surface area contributed by atoms with Crippen LogP contribution in [-0.4, -0.2) is 74.3 Å². The molecule has 0 fully saturated rings. The zero-order chi connectivity index (χ0) is 12.0. The third-order valence-electron chi connectivity index (χ3n) is 1.78. The Bertz CT molecular complexity index is 200. The highest BCUT2D eigenvalue weighted by atomic mass is 16.4. The van der Waals surface area contributed by atoms with E-state index in [9.17, 15) is 9.90 Å². The van der Waals surface area contributed by atoms with Gasteiger partial charge in [-0.25, -0.2) is 0 Å². The summed E-state index contributed by atoms with van der Waals surface area (Å²) in [5, 5.41) is 54.8. The summed E-state index contributed by atoms with van der Waals surface area (Å²) < 4.78 is 0. The molecule has 0 aliphatic rings. The van der Waals surface area contributed by atoms with E-state index in [1.807, 2.05) is 0 Å². The van der Waals surface area contributed by atoms with Crippen LogP contribution >= 0.6 is 0 Å². The number of carbonyl (C=O) groups excluding carboxylic acids is 1. The van der Waals surface area contributed by atoms with Gasteiger partial charge in [0.1, 0.15) is 25.0 Å². The molecule has 90 valence electrons. The Morgan fingerprint density at radius 2 is 1.60 bits per heavy atom. The number of rotatable bonds is 6. The summed E-state index contributed by atoms with van der Waals surface area (Å²) in [6.45, 7) is -1.56. The van der Waals surface area contributed by atoms with E-state index >= 15 is 0 Å². The van der Waals surface area contributed by atoms with E-state index in [-0.39, 0.29) is 0 Å². The van der Waals surface area contributed by atoms with Crippen LogP contribution in [0.25, 0.3) is 0 Å². The van der Waals surface area contributed by atoms with Crippen molar-refractivity contribution in [2.24, 2.45) is 0 Å². The highest BCUT2D eigenvalue weighted by Gasteiger charge is 2.33. The van der Waals surface area contributed by atoms with Crippen LogP contribution in [0, 0.1) is 0 Å². The van der Waals surface area contributed by atoms with Crippen LogP contribution in [0.5, 0.6) is 0 Å². The van der Waals surface area contributed by atoms with Gasteiger partial charge in [0.15, 0.2) is 6.10 Å². The topological polar surface area (TPSA) is 150 Å². The molecule has 8 nitrogen and oxygen atoms in total. The minimum atomic E-state index is -2.01. The number of amides is 1. The first-order chi connectivity index (χ1) is 6.95. The predicted molar refractivity (Wildman–Crippen MR) is 46.3 cm³/mol. The Labute approximate surface area is 85.4 Å². The molecule has 8 heteroatoms. The smallest absolute Gasteiger partial charge is 0.253 e. The Morgan fingerprint density at radius 3 is 2.00 bits per heavy atom. The molecule has 0 aromatic carbocycles. The average Bonchev–Trinajstić information content (AvgIpc) is 2.25. The van der Waals surface area contributed by atoms with Crippen LogP contribution in [0.2, 0.25) is 0 Å². The number of carbonyl (C=O) groups is 1. The molecule has 0 spiro atoms. The predicted octanol–water partition coefficient (Wildman–Crippen LogP) is -4.51. The van der Waals surface area contributed by atoms with Gasteiger partial charge < -0.3 is 36.0 Å². The maximum absolute atomic E-state index is 10.9. The number of hydrogen-bond donors (Lipinski definition) is 7. The second-order valence-electron chi connectivity index (χ2n) is 2.88. The lowest BCUT2D eigenvalue weighted by molar-refractivity contribution is -0.149. The highest BCUT2D eigenvalue weighted by Crippen LogP contribution is 2.05. The standard InChI is InChI=1S/C7H15NO7/c9-1-3(11)4(12)5(13)6(14)7(15)8-2-10/h3-6,9-14H,1-2H2,(H,8,15)/t3-,4+,5-,6-/m0/s1. The Morgan fingerprint density at radius 1 is 1.07 bits per heavy atom. The maximum Gasteiger partial charge on any atom is 0.253 e. The molecule has 4 atom stereocenters. The number of hydrogen-bond acceptors (Lipinski definition) is 7. The van der Waals surface area contributed by atoms with Gasteiger partial charge in [-0.1, -0.05) is 0 Å². The van der Waals surface area contributed by atoms with E-state index in [1.54, 1.807) is 5.32 Å². The van der Waals surface area contributed by atoms with Gasteiger partial charge in [-0.05, 0) is 0 Å². The van der Waals surface area contributed by atoms with Crippen molar-refractivity contribution in [1.82, 2.24) is 5.32 Å². The summed E-state index contributed by atoms with van der Waals surface area (Å²) in [6.07, 6.45) is -7.50. The second kappa shape index (κ2) is 6.67. The lowest BCUT2D eigenvalue weighted by Gasteiger charge is -2.24. The molecule has 0 aliphatic carbocycles. The molecule has 0 aromatic rings. The minimum Gasteiger partial charge on any atom is -0.394 e. The fraction of sp³-hybridized carbons (Fsp3) is 0.857. The molecule has 0 radical (unpaired) electrons. The number of aliphatic hydroxyl groups excluding tert-OH is 6. The molecule has 0 rings (SSSR count). The van der Waals surface area contributed by atoms with Gasteiger partial charge in [-0.2, -0.15) is 0 Å². The largest absolute Gasteiger partial charge is 0.394 e. The Kier molecular flexibility index (Phi) is 6.32. The minimum absolute atomic E-state index is 0.735. The summed E-state index contributed by atoms with van der Waals surface area (Å²) >= 11 is 0. The van der Waals surface area contributed by atoms with Crippen LogP contribution in [-0.2, 0) is 4.79 Å². The van der Waals surface area contributed by atoms with Crippen molar-refractivity contribution in [2.45, 2.75) is 24.4 Å². The van der Waals surface area contributed by atoms with Crippen LogP contribution in [0.4, 0.5) is 0 Å². The monoisotopic (exact) mass is 225 g/mol. The van der Waals surface area contributed by atoms with E-state index in [2.05, 4.69) is 0 Å². The van der Waals surface area contributed by atoms with Crippen LogP contribution < -0.4 is 5.32 Å². The van der Waals surface area contributed by atoms with Gasteiger partial charge in [-0.15, -0.1) is 0 Å². The molecule has 0 saturated heterocycles. The highest BCUT2D eigenvalue weighted by molar-refractivity contribution is 5.81. The number of aliphatic hydroxyl groups is 6. The van der Waals surface area contributed by atoms with Crippen molar-refractivity contribution < 1.29 is 35.4 Å². The van der Waals surface area contributed by atoms with Gasteiger partial charge in [-0.3, -0.25) is 4.79 Å². The summed E-state index contributed by atoms with van der Waals surface area (Å²) in [5.74, 6) is -1.10. The third-order valence-corrected chi connectivity index (χ3v) is 1.78. The van der Waals surface area contributed by atoms with Gasteiger partial charge in [0, 0.05) is 0 Å². The zero-order valence-corrected chi connectivity index (χ0v) is 7.82. The second-order valence-corrected chi connectivity index (χ2v) is 2.88.